The maximum absolute atomic E-state index is 6.23. The number of likely N-dealkylation sites (tertiary alicyclic amines) is 1. The Labute approximate surface area is 184 Å². The number of hydrogen-bond acceptors (Lipinski definition) is 2. The van der Waals surface area contributed by atoms with Crippen molar-refractivity contribution in [2.45, 2.75) is 55.5 Å². The summed E-state index contributed by atoms with van der Waals surface area (Å²) in [7, 11) is 2.34. The molecule has 3 heterocycles. The lowest BCUT2D eigenvalue weighted by atomic mass is 9.63. The summed E-state index contributed by atoms with van der Waals surface area (Å²) >= 11 is 12.5. The monoisotopic (exact) mass is 428 g/mol. The molecule has 4 heteroatoms. The van der Waals surface area contributed by atoms with Gasteiger partial charge in [-0.1, -0.05) is 47.5 Å². The van der Waals surface area contributed by atoms with E-state index in [4.69, 9.17) is 23.2 Å². The minimum Gasteiger partial charge on any atom is -0.302 e. The molecule has 1 aliphatic carbocycles. The quantitative estimate of drug-likeness (QED) is 0.574. The van der Waals surface area contributed by atoms with Crippen LogP contribution in [0.15, 0.2) is 48.5 Å². The fraction of sp³-hybridized carbons (Fsp3) is 0.520. The van der Waals surface area contributed by atoms with Crippen molar-refractivity contribution in [1.29, 1.82) is 0 Å². The van der Waals surface area contributed by atoms with Crippen LogP contribution >= 0.6 is 23.2 Å². The van der Waals surface area contributed by atoms with Gasteiger partial charge in [0.25, 0.3) is 0 Å². The molecule has 0 N–H and O–H groups in total. The van der Waals surface area contributed by atoms with E-state index in [2.05, 4.69) is 65.4 Å². The molecule has 1 saturated carbocycles. The molecule has 0 radical (unpaired) electrons. The Kier molecular flexibility index (Phi) is 5.41. The summed E-state index contributed by atoms with van der Waals surface area (Å²) < 4.78 is 0. The summed E-state index contributed by atoms with van der Waals surface area (Å²) in [6, 6.07) is 17.8. The van der Waals surface area contributed by atoms with Gasteiger partial charge in [-0.2, -0.15) is 0 Å². The van der Waals surface area contributed by atoms with E-state index < -0.39 is 0 Å². The van der Waals surface area contributed by atoms with E-state index in [0.717, 1.165) is 10.0 Å². The molecule has 154 valence electrons. The Bertz CT molecular complexity index is 787. The van der Waals surface area contributed by atoms with Crippen molar-refractivity contribution in [3.05, 3.63) is 69.7 Å². The first-order valence-electron chi connectivity index (χ1n) is 11.0. The Hall–Kier alpha value is -1.06. The van der Waals surface area contributed by atoms with Gasteiger partial charge < -0.3 is 4.90 Å². The van der Waals surface area contributed by atoms with Gasteiger partial charge in [-0.25, -0.2) is 0 Å². The lowest BCUT2D eigenvalue weighted by Gasteiger charge is -2.51. The fourth-order valence-electron chi connectivity index (χ4n) is 6.43. The van der Waals surface area contributed by atoms with Crippen LogP contribution in [0.3, 0.4) is 0 Å². The molecular weight excluding hydrogens is 399 g/mol. The van der Waals surface area contributed by atoms with E-state index in [1.165, 1.54) is 62.9 Å². The van der Waals surface area contributed by atoms with Crippen LogP contribution in [0.2, 0.25) is 10.0 Å². The number of nitrogens with zero attached hydrogens (tertiary/aromatic N) is 2. The summed E-state index contributed by atoms with van der Waals surface area (Å²) in [6.45, 7) is 3.69. The molecule has 0 amide bonds. The van der Waals surface area contributed by atoms with Gasteiger partial charge in [0.2, 0.25) is 0 Å². The minimum atomic E-state index is 0.298. The first-order chi connectivity index (χ1) is 14.1. The van der Waals surface area contributed by atoms with Gasteiger partial charge in [0, 0.05) is 33.5 Å². The smallest absolute Gasteiger partial charge is 0.0406 e. The molecule has 3 saturated heterocycles. The van der Waals surface area contributed by atoms with Gasteiger partial charge in [0.1, 0.15) is 0 Å². The third-order valence-corrected chi connectivity index (χ3v) is 8.34. The average molecular weight is 429 g/mol. The largest absolute Gasteiger partial charge is 0.302 e. The second-order valence-electron chi connectivity index (χ2n) is 9.36. The van der Waals surface area contributed by atoms with Gasteiger partial charge in [-0.3, -0.25) is 4.90 Å². The molecule has 0 aromatic heterocycles. The zero-order valence-electron chi connectivity index (χ0n) is 17.2. The summed E-state index contributed by atoms with van der Waals surface area (Å²) in [5.41, 5.74) is 3.18. The lowest BCUT2D eigenvalue weighted by molar-refractivity contribution is 0.0492. The molecule has 2 aromatic rings. The number of rotatable bonds is 3. The maximum atomic E-state index is 6.23. The topological polar surface area (TPSA) is 6.48 Å². The normalized spacial score (nSPS) is 33.1. The van der Waals surface area contributed by atoms with Crippen LogP contribution in [0.5, 0.6) is 0 Å². The van der Waals surface area contributed by atoms with Crippen LogP contribution in [0.1, 0.15) is 55.1 Å². The van der Waals surface area contributed by atoms with Crippen molar-refractivity contribution in [1.82, 2.24) is 9.80 Å². The number of halogens is 2. The van der Waals surface area contributed by atoms with Crippen molar-refractivity contribution in [2.24, 2.45) is 0 Å². The predicted octanol–water partition coefficient (Wildman–Crippen LogP) is 6.19. The van der Waals surface area contributed by atoms with Crippen LogP contribution < -0.4 is 0 Å². The zero-order chi connectivity index (χ0) is 20.0. The zero-order valence-corrected chi connectivity index (χ0v) is 18.7. The summed E-state index contributed by atoms with van der Waals surface area (Å²) in [5.74, 6) is 1.05. The van der Waals surface area contributed by atoms with Crippen molar-refractivity contribution in [3.8, 4) is 0 Å². The fourth-order valence-corrected chi connectivity index (χ4v) is 6.69. The standard InChI is InChI=1S/C25H30Cl2N2/c1-28-15-12-25(29-13-2-3-14-29)16-22(18-4-8-20(26)9-5-18)24(28)23(17-25)19-6-10-21(27)11-7-19/h4-11,22-24H,2-3,12-17H2,1H3. The summed E-state index contributed by atoms with van der Waals surface area (Å²) in [5, 5.41) is 1.65. The van der Waals surface area contributed by atoms with Crippen molar-refractivity contribution >= 4 is 23.2 Å². The van der Waals surface area contributed by atoms with E-state index in [9.17, 15) is 0 Å². The molecule has 2 aromatic carbocycles. The van der Waals surface area contributed by atoms with Gasteiger partial charge in [-0.15, -0.1) is 0 Å². The predicted molar refractivity (Wildman–Crippen MR) is 122 cm³/mol. The van der Waals surface area contributed by atoms with Crippen molar-refractivity contribution in [3.63, 3.8) is 0 Å². The first kappa shape index (κ1) is 19.9. The first-order valence-corrected chi connectivity index (χ1v) is 11.8. The second kappa shape index (κ2) is 7.89. The van der Waals surface area contributed by atoms with Crippen LogP contribution in [0.4, 0.5) is 0 Å². The highest BCUT2D eigenvalue weighted by Crippen LogP contribution is 2.54. The van der Waals surface area contributed by atoms with E-state index in [1.54, 1.807) is 0 Å². The van der Waals surface area contributed by atoms with Crippen molar-refractivity contribution < 1.29 is 0 Å². The van der Waals surface area contributed by atoms with Crippen LogP contribution in [-0.2, 0) is 0 Å². The third-order valence-electron chi connectivity index (χ3n) is 7.84. The molecule has 29 heavy (non-hydrogen) atoms. The molecule has 6 rings (SSSR count). The molecule has 2 bridgehead atoms. The van der Waals surface area contributed by atoms with Gasteiger partial charge in [-0.05, 0) is 94.2 Å². The second-order valence-corrected chi connectivity index (χ2v) is 10.2. The number of hydrogen-bond donors (Lipinski definition) is 0. The Morgan fingerprint density at radius 2 is 1.24 bits per heavy atom. The summed E-state index contributed by atoms with van der Waals surface area (Å²) in [4.78, 5) is 5.48. The highest BCUT2D eigenvalue weighted by molar-refractivity contribution is 6.30. The maximum Gasteiger partial charge on any atom is 0.0406 e. The molecule has 3 aliphatic heterocycles. The minimum absolute atomic E-state index is 0.298. The molecule has 2 unspecified atom stereocenters. The molecule has 4 aliphatic rings. The van der Waals surface area contributed by atoms with Gasteiger partial charge >= 0.3 is 0 Å². The molecule has 4 fully saturated rings. The van der Waals surface area contributed by atoms with E-state index in [0.29, 0.717) is 23.4 Å². The Balaban J connectivity index is 1.61. The number of likely N-dealkylation sites (N-methyl/N-ethyl adjacent to an activating group) is 1. The Morgan fingerprint density at radius 1 is 0.759 bits per heavy atom. The molecule has 2 atom stereocenters. The summed E-state index contributed by atoms with van der Waals surface area (Å²) in [6.07, 6.45) is 6.48. The van der Waals surface area contributed by atoms with Crippen LogP contribution in [-0.4, -0.2) is 48.1 Å². The lowest BCUT2D eigenvalue weighted by Crippen LogP contribution is -2.53. The van der Waals surface area contributed by atoms with Crippen LogP contribution in [0.25, 0.3) is 0 Å². The van der Waals surface area contributed by atoms with Crippen LogP contribution in [0, 0.1) is 0 Å². The molecule has 0 spiro atoms. The SMILES string of the molecule is CN1CCC2(N3CCCC3)CC(c3ccc(Cl)cc3)C1C(c1ccc(Cl)cc1)C2. The highest BCUT2D eigenvalue weighted by Gasteiger charge is 2.53. The van der Waals surface area contributed by atoms with Crippen molar-refractivity contribution in [2.75, 3.05) is 26.7 Å². The number of fused-ring (bicyclic) bond motifs is 4. The van der Waals surface area contributed by atoms with Gasteiger partial charge in [0.15, 0.2) is 0 Å². The number of benzene rings is 2. The molecular formula is C25H30Cl2N2. The van der Waals surface area contributed by atoms with E-state index in [-0.39, 0.29) is 0 Å². The average Bonchev–Trinajstić information content (AvgIpc) is 3.19. The third kappa shape index (κ3) is 3.63. The highest BCUT2D eigenvalue weighted by atomic mass is 35.5. The van der Waals surface area contributed by atoms with Gasteiger partial charge in [0.05, 0.1) is 0 Å². The van der Waals surface area contributed by atoms with E-state index >= 15 is 0 Å². The molecule has 2 nitrogen and oxygen atoms in total. The Morgan fingerprint density at radius 3 is 1.72 bits per heavy atom. The van der Waals surface area contributed by atoms with E-state index in [1.807, 2.05) is 0 Å².